The summed E-state index contributed by atoms with van der Waals surface area (Å²) in [5.41, 5.74) is 0.714. The third-order valence-electron chi connectivity index (χ3n) is 2.85. The molecule has 1 aromatic heterocycles. The van der Waals surface area contributed by atoms with Gasteiger partial charge in [-0.2, -0.15) is 0 Å². The molecule has 1 atom stereocenters. The van der Waals surface area contributed by atoms with Gasteiger partial charge in [0.25, 0.3) is 5.91 Å². The largest absolute Gasteiger partial charge is 0.352 e. The molecular weight excluding hydrogens is 368 g/mol. The summed E-state index contributed by atoms with van der Waals surface area (Å²) < 4.78 is 1.84. The van der Waals surface area contributed by atoms with Crippen LogP contribution in [0.1, 0.15) is 23.2 Å². The van der Waals surface area contributed by atoms with E-state index in [1.807, 2.05) is 6.07 Å². The topological polar surface area (TPSA) is 41.1 Å². The molecule has 1 unspecified atom stereocenters. The van der Waals surface area contributed by atoms with E-state index in [9.17, 15) is 4.79 Å². The van der Waals surface area contributed by atoms with Crippen LogP contribution in [0.5, 0.6) is 0 Å². The Bertz CT molecular complexity index is 402. The molecule has 2 rings (SSSR count). The Morgan fingerprint density at radius 3 is 3.00 bits per heavy atom. The Kier molecular flexibility index (Phi) is 5.02. The van der Waals surface area contributed by atoms with Crippen molar-refractivity contribution >= 4 is 49.1 Å². The van der Waals surface area contributed by atoms with Crippen molar-refractivity contribution in [2.24, 2.45) is 5.92 Å². The van der Waals surface area contributed by atoms with E-state index in [1.54, 1.807) is 0 Å². The number of carbonyl (C=O) groups excluding carboxylic acids is 1. The van der Waals surface area contributed by atoms with Gasteiger partial charge in [0.2, 0.25) is 0 Å². The minimum atomic E-state index is 0.00407. The molecule has 2 N–H and O–H groups in total. The summed E-state index contributed by atoms with van der Waals surface area (Å²) >= 11 is 8.30. The van der Waals surface area contributed by atoms with Crippen LogP contribution >= 0.6 is 43.2 Å². The van der Waals surface area contributed by atoms with Crippen LogP contribution in [0.2, 0.25) is 0 Å². The van der Waals surface area contributed by atoms with Crippen LogP contribution in [0, 0.1) is 5.92 Å². The average molecular weight is 382 g/mol. The van der Waals surface area contributed by atoms with Crippen LogP contribution in [-0.4, -0.2) is 25.5 Å². The van der Waals surface area contributed by atoms with Gasteiger partial charge in [-0.15, -0.1) is 11.3 Å². The molecule has 0 saturated carbocycles. The Hall–Kier alpha value is 0.0900. The Labute approximate surface area is 122 Å². The highest BCUT2D eigenvalue weighted by atomic mass is 79.9. The van der Waals surface area contributed by atoms with Crippen LogP contribution < -0.4 is 10.6 Å². The van der Waals surface area contributed by atoms with E-state index in [1.165, 1.54) is 24.2 Å². The highest BCUT2D eigenvalue weighted by molar-refractivity contribution is 9.12. The lowest BCUT2D eigenvalue weighted by atomic mass is 10.00. The Balaban J connectivity index is 1.86. The summed E-state index contributed by atoms with van der Waals surface area (Å²) in [7, 11) is 0. The van der Waals surface area contributed by atoms with Gasteiger partial charge in [0.1, 0.15) is 0 Å². The lowest BCUT2D eigenvalue weighted by molar-refractivity contribution is 0.0944. The van der Waals surface area contributed by atoms with Gasteiger partial charge in [0.05, 0.1) is 13.1 Å². The molecule has 3 nitrogen and oxygen atoms in total. The van der Waals surface area contributed by atoms with Crippen molar-refractivity contribution in [2.75, 3.05) is 19.6 Å². The summed E-state index contributed by atoms with van der Waals surface area (Å²) in [5, 5.41) is 6.35. The van der Waals surface area contributed by atoms with Crippen LogP contribution in [0.15, 0.2) is 13.6 Å². The molecule has 1 aliphatic rings. The zero-order valence-electron chi connectivity index (χ0n) is 9.26. The zero-order chi connectivity index (χ0) is 12.3. The SMILES string of the molecule is O=C(NCC1CCCNC1)c1cc(Br)sc1Br. The van der Waals surface area contributed by atoms with E-state index in [2.05, 4.69) is 42.5 Å². The fourth-order valence-electron chi connectivity index (χ4n) is 1.93. The maximum atomic E-state index is 11.9. The highest BCUT2D eigenvalue weighted by Gasteiger charge is 2.17. The highest BCUT2D eigenvalue weighted by Crippen LogP contribution is 2.31. The minimum absolute atomic E-state index is 0.00407. The van der Waals surface area contributed by atoms with E-state index in [-0.39, 0.29) is 5.91 Å². The third-order valence-corrected chi connectivity index (χ3v) is 5.19. The van der Waals surface area contributed by atoms with Crippen molar-refractivity contribution in [2.45, 2.75) is 12.8 Å². The average Bonchev–Trinajstić information content (AvgIpc) is 2.67. The molecule has 0 aliphatic carbocycles. The van der Waals surface area contributed by atoms with E-state index in [4.69, 9.17) is 0 Å². The molecule has 0 radical (unpaired) electrons. The molecule has 0 bridgehead atoms. The van der Waals surface area contributed by atoms with E-state index >= 15 is 0 Å². The standard InChI is InChI=1S/C11H14Br2N2OS/c12-9-4-8(10(13)17-9)11(16)15-6-7-2-1-3-14-5-7/h4,7,14H,1-3,5-6H2,(H,15,16). The van der Waals surface area contributed by atoms with Gasteiger partial charge in [-0.25, -0.2) is 0 Å². The van der Waals surface area contributed by atoms with Crippen LogP contribution in [0.4, 0.5) is 0 Å². The number of thiophene rings is 1. The molecule has 94 valence electrons. The predicted molar refractivity (Wildman–Crippen MR) is 77.6 cm³/mol. The number of carbonyl (C=O) groups is 1. The number of amides is 1. The second kappa shape index (κ2) is 6.31. The van der Waals surface area contributed by atoms with Crippen molar-refractivity contribution in [1.82, 2.24) is 10.6 Å². The van der Waals surface area contributed by atoms with E-state index < -0.39 is 0 Å². The smallest absolute Gasteiger partial charge is 0.253 e. The Morgan fingerprint density at radius 2 is 2.41 bits per heavy atom. The van der Waals surface area contributed by atoms with Gasteiger partial charge < -0.3 is 10.6 Å². The molecule has 1 aliphatic heterocycles. The summed E-state index contributed by atoms with van der Waals surface area (Å²) in [6.07, 6.45) is 2.40. The van der Waals surface area contributed by atoms with Crippen molar-refractivity contribution in [1.29, 1.82) is 0 Å². The first-order valence-corrected chi connectivity index (χ1v) is 8.01. The predicted octanol–water partition coefficient (Wildman–Crippen LogP) is 3.00. The van der Waals surface area contributed by atoms with Gasteiger partial charge in [-0.1, -0.05) is 0 Å². The maximum Gasteiger partial charge on any atom is 0.253 e. The van der Waals surface area contributed by atoms with Crippen molar-refractivity contribution < 1.29 is 4.79 Å². The molecule has 0 aromatic carbocycles. The number of halogens is 2. The minimum Gasteiger partial charge on any atom is -0.352 e. The van der Waals surface area contributed by atoms with Gasteiger partial charge >= 0.3 is 0 Å². The molecule has 1 amide bonds. The number of rotatable bonds is 3. The zero-order valence-corrected chi connectivity index (χ0v) is 13.3. The molecule has 17 heavy (non-hydrogen) atoms. The molecule has 1 saturated heterocycles. The van der Waals surface area contributed by atoms with Gasteiger partial charge in [0.15, 0.2) is 0 Å². The van der Waals surface area contributed by atoms with E-state index in [0.29, 0.717) is 11.5 Å². The number of nitrogens with one attached hydrogen (secondary N) is 2. The molecule has 0 spiro atoms. The second-order valence-corrected chi connectivity index (χ2v) is 7.91. The van der Waals surface area contributed by atoms with Crippen molar-refractivity contribution in [3.8, 4) is 0 Å². The van der Waals surface area contributed by atoms with Crippen molar-refractivity contribution in [3.05, 3.63) is 19.2 Å². The van der Waals surface area contributed by atoms with Crippen LogP contribution in [0.25, 0.3) is 0 Å². The van der Waals surface area contributed by atoms with Gasteiger partial charge in [0, 0.05) is 6.54 Å². The second-order valence-electron chi connectivity index (χ2n) is 4.16. The quantitative estimate of drug-likeness (QED) is 0.844. The summed E-state index contributed by atoms with van der Waals surface area (Å²) in [5.74, 6) is 0.568. The summed E-state index contributed by atoms with van der Waals surface area (Å²) in [6, 6.07) is 1.85. The molecular formula is C11H14Br2N2OS. The first kappa shape index (κ1) is 13.5. The summed E-state index contributed by atoms with van der Waals surface area (Å²) in [6.45, 7) is 2.87. The van der Waals surface area contributed by atoms with Crippen molar-refractivity contribution in [3.63, 3.8) is 0 Å². The Morgan fingerprint density at radius 1 is 1.59 bits per heavy atom. The normalized spacial score (nSPS) is 20.2. The first-order valence-electron chi connectivity index (χ1n) is 5.60. The van der Waals surface area contributed by atoms with Crippen LogP contribution in [-0.2, 0) is 0 Å². The molecule has 1 fully saturated rings. The fourth-order valence-corrected chi connectivity index (χ4v) is 4.72. The number of piperidine rings is 1. The fraction of sp³-hybridized carbons (Fsp3) is 0.545. The molecule has 6 heteroatoms. The lowest BCUT2D eigenvalue weighted by Gasteiger charge is -2.22. The lowest BCUT2D eigenvalue weighted by Crippen LogP contribution is -2.38. The molecule has 2 heterocycles. The van der Waals surface area contributed by atoms with Gasteiger partial charge in [-0.05, 0) is 69.8 Å². The van der Waals surface area contributed by atoms with Crippen LogP contribution in [0.3, 0.4) is 0 Å². The first-order chi connectivity index (χ1) is 8.16. The third kappa shape index (κ3) is 3.77. The van der Waals surface area contributed by atoms with Gasteiger partial charge in [-0.3, -0.25) is 4.79 Å². The maximum absolute atomic E-state index is 11.9. The number of hydrogen-bond donors (Lipinski definition) is 2. The summed E-state index contributed by atoms with van der Waals surface area (Å²) in [4.78, 5) is 11.9. The van der Waals surface area contributed by atoms with E-state index in [0.717, 1.165) is 27.2 Å². The monoisotopic (exact) mass is 380 g/mol. The number of hydrogen-bond acceptors (Lipinski definition) is 3. The molecule has 1 aromatic rings.